The fourth-order valence-corrected chi connectivity index (χ4v) is 11.7. The lowest BCUT2D eigenvalue weighted by Gasteiger charge is -2.37. The van der Waals surface area contributed by atoms with Gasteiger partial charge < -0.3 is 18.8 Å². The van der Waals surface area contributed by atoms with Gasteiger partial charge in [-0.2, -0.15) is 0 Å². The number of likely N-dealkylation sites (tertiary alicyclic amines) is 1. The molecule has 2 aliphatic carbocycles. The fourth-order valence-electron chi connectivity index (χ4n) is 9.16. The van der Waals surface area contributed by atoms with Crippen LogP contribution in [0.25, 0.3) is 11.5 Å². The van der Waals surface area contributed by atoms with Crippen molar-refractivity contribution >= 4 is 22.0 Å². The quantitative estimate of drug-likeness (QED) is 0.276. The molecule has 2 saturated carbocycles. The Hall–Kier alpha value is -3.86. The largest absolute Gasteiger partial charge is 0.493 e. The lowest BCUT2D eigenvalue weighted by molar-refractivity contribution is -0.134. The van der Waals surface area contributed by atoms with Crippen LogP contribution in [0.1, 0.15) is 57.1 Å². The molecule has 11 heteroatoms. The van der Waals surface area contributed by atoms with Crippen molar-refractivity contribution in [2.75, 3.05) is 32.1 Å². The third kappa shape index (κ3) is 5.47. The predicted octanol–water partition coefficient (Wildman–Crippen LogP) is 5.89. The monoisotopic (exact) mass is 675 g/mol. The maximum Gasteiger partial charge on any atom is 0.409 e. The van der Waals surface area contributed by atoms with Crippen LogP contribution in [-0.2, 0) is 32.4 Å². The Balaban J connectivity index is 1.06. The lowest BCUT2D eigenvalue weighted by Crippen LogP contribution is -2.47. The van der Waals surface area contributed by atoms with Gasteiger partial charge in [0, 0.05) is 30.5 Å². The molecule has 3 aromatic rings. The number of ether oxygens (including phenoxy) is 2. The summed E-state index contributed by atoms with van der Waals surface area (Å²) in [5.41, 5.74) is 2.18. The van der Waals surface area contributed by atoms with Gasteiger partial charge in [-0.3, -0.25) is 4.79 Å². The average Bonchev–Trinajstić information content (AvgIpc) is 3.81. The molecule has 3 heterocycles. The number of oxazole rings is 1. The standard InChI is InChI=1S/C37H45N3O7S/c1-5-45-35(42)39-21-27(30(22-39)34(41)40-32-20-28-14-16-37(32,36(28,3)4)23-48(40,43)44)18-25-10-9-13-29(19-25)46-17-15-31-24(2)47-33(38-31)26-11-7-6-8-12-26/h6-13,19,27-28,30,32H,5,14-18,20-23H2,1-4H3/t27-,28?,30+,32?,37+/m0/s1. The first kappa shape index (κ1) is 32.7. The number of amides is 2. The average molecular weight is 676 g/mol. The first-order valence-electron chi connectivity index (χ1n) is 17.1. The van der Waals surface area contributed by atoms with Crippen molar-refractivity contribution in [3.05, 3.63) is 71.6 Å². The van der Waals surface area contributed by atoms with Crippen LogP contribution in [0.5, 0.6) is 5.75 Å². The van der Waals surface area contributed by atoms with E-state index in [9.17, 15) is 18.0 Å². The number of benzene rings is 2. The van der Waals surface area contributed by atoms with E-state index in [4.69, 9.17) is 13.9 Å². The fraction of sp³-hybridized carbons (Fsp3) is 0.541. The van der Waals surface area contributed by atoms with Crippen LogP contribution in [-0.4, -0.2) is 72.7 Å². The van der Waals surface area contributed by atoms with Gasteiger partial charge in [-0.1, -0.05) is 44.2 Å². The van der Waals surface area contributed by atoms with Crippen LogP contribution in [0.15, 0.2) is 59.0 Å². The Morgan fingerprint density at radius 1 is 1.08 bits per heavy atom. The Bertz CT molecular complexity index is 1810. The Kier molecular flexibility index (Phi) is 8.33. The van der Waals surface area contributed by atoms with Crippen molar-refractivity contribution in [1.29, 1.82) is 0 Å². The van der Waals surface area contributed by atoms with E-state index >= 15 is 0 Å². The highest BCUT2D eigenvalue weighted by atomic mass is 32.2. The molecule has 1 aromatic heterocycles. The SMILES string of the molecule is CCOC(=O)N1C[C@H](Cc2cccc(OCCc3nc(-c4ccccc4)oc3C)c2)[C@H](C(=O)N2C3CC4CC[C@]3(CS2(=O)=O)C4(C)C)C1. The maximum atomic E-state index is 14.4. The van der Waals surface area contributed by atoms with Crippen LogP contribution in [0.3, 0.4) is 0 Å². The molecule has 0 N–H and O–H groups in total. The number of hydrogen-bond acceptors (Lipinski definition) is 8. The van der Waals surface area contributed by atoms with Gasteiger partial charge in [0.1, 0.15) is 11.5 Å². The first-order chi connectivity index (χ1) is 22.9. The second-order valence-electron chi connectivity index (χ2n) is 14.6. The number of rotatable bonds is 9. The zero-order chi connectivity index (χ0) is 33.8. The minimum absolute atomic E-state index is 0.0275. The highest BCUT2D eigenvalue weighted by Crippen LogP contribution is 2.70. The third-order valence-corrected chi connectivity index (χ3v) is 13.7. The number of sulfonamides is 1. The highest BCUT2D eigenvalue weighted by Gasteiger charge is 2.72. The smallest absolute Gasteiger partial charge is 0.409 e. The highest BCUT2D eigenvalue weighted by molar-refractivity contribution is 7.90. The van der Waals surface area contributed by atoms with Gasteiger partial charge in [0.05, 0.1) is 36.6 Å². The number of nitrogens with zero attached hydrogens (tertiary/aromatic N) is 3. The summed E-state index contributed by atoms with van der Waals surface area (Å²) in [6, 6.07) is 17.2. The van der Waals surface area contributed by atoms with Crippen LogP contribution in [0, 0.1) is 35.5 Å². The Morgan fingerprint density at radius 3 is 2.62 bits per heavy atom. The van der Waals surface area contributed by atoms with Crippen LogP contribution in [0.4, 0.5) is 4.79 Å². The summed E-state index contributed by atoms with van der Waals surface area (Å²) in [6.45, 7) is 9.09. The van der Waals surface area contributed by atoms with E-state index in [0.717, 1.165) is 41.8 Å². The second-order valence-corrected chi connectivity index (χ2v) is 16.4. The molecule has 2 aliphatic heterocycles. The molecule has 1 spiro atoms. The number of fused-ring (bicyclic) bond motifs is 1. The minimum Gasteiger partial charge on any atom is -0.493 e. The molecule has 4 aliphatic rings. The molecule has 2 aromatic carbocycles. The second kappa shape index (κ2) is 12.2. The zero-order valence-electron chi connectivity index (χ0n) is 28.2. The summed E-state index contributed by atoms with van der Waals surface area (Å²) in [6.07, 6.45) is 3.15. The van der Waals surface area contributed by atoms with Crippen LogP contribution in [0.2, 0.25) is 0 Å². The first-order valence-corrected chi connectivity index (χ1v) is 18.8. The van der Waals surface area contributed by atoms with E-state index < -0.39 is 27.4 Å². The van der Waals surface area contributed by atoms with Crippen molar-refractivity contribution < 1.29 is 31.9 Å². The number of hydrogen-bond donors (Lipinski definition) is 0. The maximum absolute atomic E-state index is 14.4. The molecular formula is C37H45N3O7S. The summed E-state index contributed by atoms with van der Waals surface area (Å²) in [5, 5.41) is 0. The third-order valence-electron chi connectivity index (χ3n) is 11.8. The van der Waals surface area contributed by atoms with Gasteiger partial charge >= 0.3 is 6.09 Å². The molecule has 2 unspecified atom stereocenters. The number of carbonyl (C=O) groups excluding carboxylic acids is 2. The van der Waals surface area contributed by atoms with Gasteiger partial charge in [0.15, 0.2) is 0 Å². The molecule has 256 valence electrons. The van der Waals surface area contributed by atoms with E-state index in [-0.39, 0.29) is 42.2 Å². The van der Waals surface area contributed by atoms with E-state index in [1.165, 1.54) is 4.31 Å². The predicted molar refractivity (Wildman–Crippen MR) is 180 cm³/mol. The zero-order valence-corrected chi connectivity index (χ0v) is 29.0. The van der Waals surface area contributed by atoms with Crippen molar-refractivity contribution in [2.45, 2.75) is 65.8 Å². The molecule has 7 rings (SSSR count). The molecule has 10 nitrogen and oxygen atoms in total. The number of aromatic nitrogens is 1. The topological polar surface area (TPSA) is 119 Å². The van der Waals surface area contributed by atoms with E-state index in [2.05, 4.69) is 18.8 Å². The van der Waals surface area contributed by atoms with Gasteiger partial charge in [-0.25, -0.2) is 22.5 Å². The Labute approximate surface area is 282 Å². The summed E-state index contributed by atoms with van der Waals surface area (Å²) in [7, 11) is -3.78. The summed E-state index contributed by atoms with van der Waals surface area (Å²) >= 11 is 0. The molecule has 48 heavy (non-hydrogen) atoms. The van der Waals surface area contributed by atoms with Gasteiger partial charge in [0.2, 0.25) is 21.8 Å². The number of aryl methyl sites for hydroxylation is 1. The van der Waals surface area contributed by atoms with E-state index in [1.807, 2.05) is 61.5 Å². The lowest BCUT2D eigenvalue weighted by atomic mass is 9.69. The molecule has 0 radical (unpaired) electrons. The Morgan fingerprint density at radius 2 is 1.88 bits per heavy atom. The molecule has 2 amide bonds. The molecule has 4 fully saturated rings. The van der Waals surface area contributed by atoms with E-state index in [0.29, 0.717) is 43.6 Å². The molecule has 5 atom stereocenters. The van der Waals surface area contributed by atoms with Gasteiger partial charge in [-0.05, 0) is 86.6 Å². The summed E-state index contributed by atoms with van der Waals surface area (Å²) in [5.74, 6) is 1.17. The normalized spacial score (nSPS) is 28.1. The molecular weight excluding hydrogens is 630 g/mol. The van der Waals surface area contributed by atoms with Crippen molar-refractivity contribution in [3.63, 3.8) is 0 Å². The minimum atomic E-state index is -3.78. The van der Waals surface area contributed by atoms with Crippen LogP contribution >= 0.6 is 0 Å². The summed E-state index contributed by atoms with van der Waals surface area (Å²) in [4.78, 5) is 33.5. The van der Waals surface area contributed by atoms with Crippen LogP contribution < -0.4 is 4.74 Å². The van der Waals surface area contributed by atoms with Crippen molar-refractivity contribution in [1.82, 2.24) is 14.2 Å². The van der Waals surface area contributed by atoms with E-state index in [1.54, 1.807) is 11.8 Å². The van der Waals surface area contributed by atoms with Crippen molar-refractivity contribution in [2.24, 2.45) is 28.6 Å². The molecule has 2 bridgehead atoms. The number of carbonyl (C=O) groups is 2. The van der Waals surface area contributed by atoms with Crippen molar-refractivity contribution in [3.8, 4) is 17.2 Å². The molecule has 2 saturated heterocycles. The van der Waals surface area contributed by atoms with Gasteiger partial charge in [-0.15, -0.1) is 0 Å². The summed E-state index contributed by atoms with van der Waals surface area (Å²) < 4.78 is 46.1. The van der Waals surface area contributed by atoms with Gasteiger partial charge in [0.25, 0.3) is 0 Å².